The summed E-state index contributed by atoms with van der Waals surface area (Å²) < 4.78 is 11.8. The molecule has 0 fully saturated rings. The summed E-state index contributed by atoms with van der Waals surface area (Å²) in [6.07, 6.45) is 18.6. The molecule has 2 aromatic rings. The van der Waals surface area contributed by atoms with Crippen molar-refractivity contribution in [3.05, 3.63) is 64.7 Å². The summed E-state index contributed by atoms with van der Waals surface area (Å²) in [6.45, 7) is 8.41. The third-order valence-corrected chi connectivity index (χ3v) is 8.91. The Morgan fingerprint density at radius 2 is 1.45 bits per heavy atom. The zero-order valence-corrected chi connectivity index (χ0v) is 27.5. The van der Waals surface area contributed by atoms with Crippen LogP contribution in [0.5, 0.6) is 11.5 Å². The van der Waals surface area contributed by atoms with E-state index in [1.807, 2.05) is 41.8 Å². The minimum atomic E-state index is 0.100. The molecule has 1 aliphatic rings. The number of thioether (sulfide) groups is 1. The van der Waals surface area contributed by atoms with Crippen LogP contribution in [0.25, 0.3) is 0 Å². The molecule has 0 aromatic heterocycles. The number of anilines is 1. The maximum absolute atomic E-state index is 12.9. The number of nitrogens with zero attached hydrogens (tertiary/aromatic N) is 2. The van der Waals surface area contributed by atoms with Gasteiger partial charge in [-0.05, 0) is 53.6 Å². The number of ether oxygens (including phenoxy) is 2. The maximum atomic E-state index is 12.9. The summed E-state index contributed by atoms with van der Waals surface area (Å²) in [5, 5.41) is 0. The van der Waals surface area contributed by atoms with Gasteiger partial charge in [0, 0.05) is 24.9 Å². The van der Waals surface area contributed by atoms with Crippen molar-refractivity contribution >= 4 is 23.4 Å². The fourth-order valence-electron chi connectivity index (χ4n) is 5.38. The highest BCUT2D eigenvalue weighted by molar-refractivity contribution is 8.03. The monoisotopic (exact) mass is 594 g/mol. The van der Waals surface area contributed by atoms with Gasteiger partial charge in [-0.1, -0.05) is 103 Å². The van der Waals surface area contributed by atoms with Crippen LogP contribution in [-0.4, -0.2) is 30.4 Å². The van der Waals surface area contributed by atoms with Gasteiger partial charge in [-0.15, -0.1) is 11.8 Å². The summed E-state index contributed by atoms with van der Waals surface area (Å²) in [4.78, 5) is 18.5. The molecule has 1 aliphatic heterocycles. The van der Waals surface area contributed by atoms with Crippen LogP contribution in [0.15, 0.2) is 53.6 Å². The highest BCUT2D eigenvalue weighted by Gasteiger charge is 2.17. The number of carbonyl (C=O) groups excluding carboxylic acids is 1. The standard InChI is InChI=1S/C36H54N2O3S/c1-5-7-8-9-10-11-12-13-14-15-16-17-24-41-34-23-20-32(25-35(34)40-4)28-38(36(39)6-2)33-21-18-31(19-22-33)27-37-26-30(3)42-29-37/h18-23,25-26H,5-17,24,27-29H2,1-4H3. The number of hydrogen-bond acceptors (Lipinski definition) is 5. The minimum Gasteiger partial charge on any atom is -0.493 e. The van der Waals surface area contributed by atoms with Gasteiger partial charge >= 0.3 is 0 Å². The minimum absolute atomic E-state index is 0.100. The quantitative estimate of drug-likeness (QED) is 0.135. The lowest BCUT2D eigenvalue weighted by molar-refractivity contribution is -0.118. The number of hydrogen-bond donors (Lipinski definition) is 0. The van der Waals surface area contributed by atoms with E-state index >= 15 is 0 Å². The van der Waals surface area contributed by atoms with Crippen LogP contribution >= 0.6 is 11.8 Å². The summed E-state index contributed by atoms with van der Waals surface area (Å²) >= 11 is 1.87. The zero-order valence-electron chi connectivity index (χ0n) is 26.7. The number of unbranched alkanes of at least 4 members (excludes halogenated alkanes) is 11. The van der Waals surface area contributed by atoms with Crippen molar-refractivity contribution in [2.75, 3.05) is 24.5 Å². The largest absolute Gasteiger partial charge is 0.493 e. The molecule has 0 bridgehead atoms. The van der Waals surface area contributed by atoms with Crippen molar-refractivity contribution in [2.45, 2.75) is 117 Å². The van der Waals surface area contributed by atoms with Crippen LogP contribution in [0.1, 0.15) is 115 Å². The van der Waals surface area contributed by atoms with Crippen LogP contribution in [0.3, 0.4) is 0 Å². The van der Waals surface area contributed by atoms with Crippen molar-refractivity contribution in [3.8, 4) is 11.5 Å². The van der Waals surface area contributed by atoms with Crippen molar-refractivity contribution in [1.82, 2.24) is 4.90 Å². The number of carbonyl (C=O) groups is 1. The molecule has 3 rings (SSSR count). The van der Waals surface area contributed by atoms with Gasteiger partial charge in [0.15, 0.2) is 11.5 Å². The van der Waals surface area contributed by atoms with E-state index in [2.05, 4.69) is 49.2 Å². The average molecular weight is 595 g/mol. The third-order valence-electron chi connectivity index (χ3n) is 7.88. The van der Waals surface area contributed by atoms with Gasteiger partial charge in [-0.2, -0.15) is 0 Å². The van der Waals surface area contributed by atoms with Crippen molar-refractivity contribution < 1.29 is 14.3 Å². The van der Waals surface area contributed by atoms with Gasteiger partial charge in [-0.3, -0.25) is 4.79 Å². The Bertz CT molecular complexity index is 1090. The van der Waals surface area contributed by atoms with E-state index in [-0.39, 0.29) is 5.91 Å². The Balaban J connectivity index is 1.43. The number of benzene rings is 2. The Morgan fingerprint density at radius 3 is 2.02 bits per heavy atom. The predicted molar refractivity (Wildman–Crippen MR) is 179 cm³/mol. The van der Waals surface area contributed by atoms with Crippen LogP contribution in [-0.2, 0) is 17.9 Å². The SMILES string of the molecule is CCCCCCCCCCCCCCOc1ccc(CN(C(=O)CC)c2ccc(CN3C=C(C)SC3)cc2)cc1OC. The Kier molecular flexibility index (Phi) is 15.8. The molecule has 2 aromatic carbocycles. The molecule has 0 aliphatic carbocycles. The second kappa shape index (κ2) is 19.6. The molecule has 0 saturated carbocycles. The molecule has 5 nitrogen and oxygen atoms in total. The van der Waals surface area contributed by atoms with Crippen LogP contribution in [0.4, 0.5) is 5.69 Å². The first-order chi connectivity index (χ1) is 20.5. The maximum Gasteiger partial charge on any atom is 0.227 e. The summed E-state index contributed by atoms with van der Waals surface area (Å²) in [5.41, 5.74) is 3.18. The normalized spacial score (nSPS) is 12.9. The van der Waals surface area contributed by atoms with Gasteiger partial charge in [-0.25, -0.2) is 0 Å². The second-order valence-electron chi connectivity index (χ2n) is 11.5. The topological polar surface area (TPSA) is 42.0 Å². The lowest BCUT2D eigenvalue weighted by atomic mass is 10.1. The molecule has 0 radical (unpaired) electrons. The molecule has 0 unspecified atom stereocenters. The molecule has 1 amide bonds. The van der Waals surface area contributed by atoms with Crippen molar-refractivity contribution in [1.29, 1.82) is 0 Å². The van der Waals surface area contributed by atoms with E-state index in [9.17, 15) is 4.79 Å². The smallest absolute Gasteiger partial charge is 0.227 e. The van der Waals surface area contributed by atoms with E-state index < -0.39 is 0 Å². The average Bonchev–Trinajstić information content (AvgIpc) is 3.42. The third kappa shape index (κ3) is 11.9. The van der Waals surface area contributed by atoms with Crippen molar-refractivity contribution in [3.63, 3.8) is 0 Å². The summed E-state index contributed by atoms with van der Waals surface area (Å²) in [7, 11) is 1.68. The first kappa shape index (κ1) is 33.9. The van der Waals surface area contributed by atoms with Crippen molar-refractivity contribution in [2.24, 2.45) is 0 Å². The molecule has 0 saturated heterocycles. The Hall–Kier alpha value is -2.60. The fourth-order valence-corrected chi connectivity index (χ4v) is 6.13. The highest BCUT2D eigenvalue weighted by Crippen LogP contribution is 2.30. The summed E-state index contributed by atoms with van der Waals surface area (Å²) in [6, 6.07) is 14.4. The number of methoxy groups -OCH3 is 1. The van der Waals surface area contributed by atoms with Crippen LogP contribution in [0, 0.1) is 0 Å². The number of rotatable bonds is 21. The van der Waals surface area contributed by atoms with Crippen LogP contribution in [0.2, 0.25) is 0 Å². The fraction of sp³-hybridized carbons (Fsp3) is 0.583. The number of allylic oxidation sites excluding steroid dienone is 1. The molecular formula is C36H54N2O3S. The molecule has 1 heterocycles. The predicted octanol–water partition coefficient (Wildman–Crippen LogP) is 10.1. The number of amides is 1. The first-order valence-electron chi connectivity index (χ1n) is 16.3. The lowest BCUT2D eigenvalue weighted by Gasteiger charge is -2.24. The Labute approximate surface area is 260 Å². The molecule has 0 atom stereocenters. The molecule has 0 N–H and O–H groups in total. The Morgan fingerprint density at radius 1 is 0.833 bits per heavy atom. The van der Waals surface area contributed by atoms with E-state index in [4.69, 9.17) is 9.47 Å². The van der Waals surface area contributed by atoms with E-state index in [1.165, 1.54) is 81.1 Å². The lowest BCUT2D eigenvalue weighted by Crippen LogP contribution is -2.29. The van der Waals surface area contributed by atoms with E-state index in [0.717, 1.165) is 41.6 Å². The van der Waals surface area contributed by atoms with Gasteiger partial charge < -0.3 is 19.3 Å². The van der Waals surface area contributed by atoms with Gasteiger partial charge in [0.2, 0.25) is 5.91 Å². The van der Waals surface area contributed by atoms with Gasteiger partial charge in [0.1, 0.15) is 0 Å². The zero-order chi connectivity index (χ0) is 30.0. The van der Waals surface area contributed by atoms with Gasteiger partial charge in [0.05, 0.1) is 26.1 Å². The van der Waals surface area contributed by atoms with E-state index in [0.29, 0.717) is 19.6 Å². The molecule has 0 spiro atoms. The molecule has 232 valence electrons. The molecule has 42 heavy (non-hydrogen) atoms. The highest BCUT2D eigenvalue weighted by atomic mass is 32.2. The first-order valence-corrected chi connectivity index (χ1v) is 17.3. The molecule has 6 heteroatoms. The van der Waals surface area contributed by atoms with Gasteiger partial charge in [0.25, 0.3) is 0 Å². The summed E-state index contributed by atoms with van der Waals surface area (Å²) in [5.74, 6) is 2.59. The van der Waals surface area contributed by atoms with Crippen LogP contribution < -0.4 is 14.4 Å². The molecular weight excluding hydrogens is 540 g/mol. The van der Waals surface area contributed by atoms with E-state index in [1.54, 1.807) is 7.11 Å². The second-order valence-corrected chi connectivity index (χ2v) is 12.7.